The first kappa shape index (κ1) is 27.8. The summed E-state index contributed by atoms with van der Waals surface area (Å²) in [6.07, 6.45) is -4.21. The maximum Gasteiger partial charge on any atom is 0.459 e. The van der Waals surface area contributed by atoms with Crippen LogP contribution in [-0.4, -0.2) is 57.3 Å². The molecule has 1 aliphatic rings. The Balaban J connectivity index is 1.80. The van der Waals surface area contributed by atoms with E-state index in [0.29, 0.717) is 0 Å². The summed E-state index contributed by atoms with van der Waals surface area (Å²) in [7, 11) is -4.30. The molecule has 0 amide bonds. The quantitative estimate of drug-likeness (QED) is 0.305. The third-order valence-corrected chi connectivity index (χ3v) is 6.90. The van der Waals surface area contributed by atoms with Gasteiger partial charge in [0.15, 0.2) is 11.9 Å². The maximum atomic E-state index is 15.4. The smallest absolute Gasteiger partial charge is 0.459 e. The van der Waals surface area contributed by atoms with Crippen LogP contribution in [0.4, 0.5) is 4.39 Å². The highest BCUT2D eigenvalue weighted by Gasteiger charge is 2.55. The van der Waals surface area contributed by atoms with Crippen molar-refractivity contribution in [3.05, 3.63) is 63.4 Å². The number of alkyl halides is 1. The van der Waals surface area contributed by atoms with Crippen LogP contribution in [0, 0.1) is 0 Å². The molecule has 0 radical (unpaired) electrons. The van der Waals surface area contributed by atoms with E-state index in [4.69, 9.17) is 18.5 Å². The number of halogens is 1. The van der Waals surface area contributed by atoms with Crippen molar-refractivity contribution in [3.8, 4) is 5.75 Å². The van der Waals surface area contributed by atoms with Gasteiger partial charge < -0.3 is 19.1 Å². The molecule has 0 saturated carbocycles. The fourth-order valence-corrected chi connectivity index (χ4v) is 4.97. The minimum atomic E-state index is -4.30. The van der Waals surface area contributed by atoms with Gasteiger partial charge >= 0.3 is 19.4 Å². The molecule has 14 heteroatoms. The molecule has 1 aromatic heterocycles. The Morgan fingerprint density at radius 1 is 1.28 bits per heavy atom. The molecule has 3 rings (SSSR count). The lowest BCUT2D eigenvalue weighted by molar-refractivity contribution is -0.149. The number of esters is 1. The molecular formula is C22H29FN3O9P. The normalized spacial score (nSPS) is 26.4. The van der Waals surface area contributed by atoms with Gasteiger partial charge in [-0.15, -0.1) is 0 Å². The van der Waals surface area contributed by atoms with E-state index < -0.39 is 67.8 Å². The molecule has 1 fully saturated rings. The SMILES string of the molecule is CC(C)OC(=O)[C@@H](C)N[P@](=O)(OCC1OC(n2ccc(=O)[nH]c2=O)[C@](C)(F)[C@@H]1O)Oc1ccccc1. The second-order valence-electron chi connectivity index (χ2n) is 8.67. The van der Waals surface area contributed by atoms with Crippen molar-refractivity contribution in [2.45, 2.75) is 63.9 Å². The van der Waals surface area contributed by atoms with E-state index in [2.05, 4.69) is 5.09 Å². The van der Waals surface area contributed by atoms with Crippen molar-refractivity contribution in [1.29, 1.82) is 0 Å². The Morgan fingerprint density at radius 3 is 2.56 bits per heavy atom. The molecule has 2 unspecified atom stereocenters. The molecule has 6 atom stereocenters. The number of nitrogens with one attached hydrogen (secondary N) is 2. The number of ether oxygens (including phenoxy) is 2. The first-order valence-corrected chi connectivity index (χ1v) is 12.7. The Bertz CT molecular complexity index is 1220. The van der Waals surface area contributed by atoms with Crippen LogP contribution in [0.2, 0.25) is 0 Å². The van der Waals surface area contributed by atoms with E-state index in [1.54, 1.807) is 32.0 Å². The van der Waals surface area contributed by atoms with Crippen molar-refractivity contribution in [1.82, 2.24) is 14.6 Å². The van der Waals surface area contributed by atoms with Gasteiger partial charge in [-0.1, -0.05) is 18.2 Å². The molecule has 0 bridgehead atoms. The number of rotatable bonds is 10. The number of nitrogens with zero attached hydrogens (tertiary/aromatic N) is 1. The van der Waals surface area contributed by atoms with Crippen LogP contribution in [0.1, 0.15) is 33.9 Å². The van der Waals surface area contributed by atoms with Gasteiger partial charge in [-0.05, 0) is 39.8 Å². The van der Waals surface area contributed by atoms with Gasteiger partial charge in [0.2, 0.25) is 0 Å². The molecule has 0 spiro atoms. The number of carbonyl (C=O) groups is 1. The molecule has 1 saturated heterocycles. The van der Waals surface area contributed by atoms with Crippen molar-refractivity contribution >= 4 is 13.7 Å². The first-order valence-electron chi connectivity index (χ1n) is 11.1. The van der Waals surface area contributed by atoms with Gasteiger partial charge in [-0.3, -0.25) is 23.7 Å². The topological polar surface area (TPSA) is 158 Å². The monoisotopic (exact) mass is 529 g/mol. The molecule has 3 N–H and O–H groups in total. The fraction of sp³-hybridized carbons (Fsp3) is 0.500. The van der Waals surface area contributed by atoms with E-state index in [1.807, 2.05) is 4.98 Å². The van der Waals surface area contributed by atoms with Crippen molar-refractivity contribution in [2.24, 2.45) is 0 Å². The largest absolute Gasteiger partial charge is 0.462 e. The van der Waals surface area contributed by atoms with Crippen LogP contribution in [0.25, 0.3) is 0 Å². The molecule has 198 valence electrons. The number of para-hydroxylation sites is 1. The lowest BCUT2D eigenvalue weighted by Crippen LogP contribution is -2.43. The number of aliphatic hydroxyl groups excluding tert-OH is 1. The summed E-state index contributed by atoms with van der Waals surface area (Å²) in [5.74, 6) is -0.560. The van der Waals surface area contributed by atoms with Gasteiger partial charge in [-0.25, -0.2) is 13.8 Å². The van der Waals surface area contributed by atoms with Gasteiger partial charge in [0, 0.05) is 12.3 Å². The van der Waals surface area contributed by atoms with Crippen molar-refractivity contribution < 1.29 is 37.4 Å². The molecule has 1 aromatic carbocycles. The standard InChI is InChI=1S/C22H29FN3O9P/c1-13(2)33-19(29)14(3)25-36(31,35-15-8-6-5-7-9-15)32-12-16-18(28)22(4,23)20(34-16)26-11-10-17(27)24-21(26)30/h5-11,13-14,16,18,20,28H,12H2,1-4H3,(H,25,31)(H,24,27,30)/t14-,16?,18-,20?,22-,36+/m1/s1. The predicted molar refractivity (Wildman–Crippen MR) is 125 cm³/mol. The summed E-state index contributed by atoms with van der Waals surface area (Å²) < 4.78 is 51.4. The average Bonchev–Trinajstić information content (AvgIpc) is 3.01. The lowest BCUT2D eigenvalue weighted by atomic mass is 9.98. The van der Waals surface area contributed by atoms with Crippen LogP contribution >= 0.6 is 7.75 Å². The van der Waals surface area contributed by atoms with Gasteiger partial charge in [0.05, 0.1) is 12.7 Å². The summed E-state index contributed by atoms with van der Waals surface area (Å²) in [5, 5.41) is 13.0. The van der Waals surface area contributed by atoms with Crippen LogP contribution < -0.4 is 20.9 Å². The van der Waals surface area contributed by atoms with E-state index in [1.165, 1.54) is 19.1 Å². The van der Waals surface area contributed by atoms with Crippen LogP contribution in [-0.2, 0) is 23.4 Å². The van der Waals surface area contributed by atoms with E-state index in [9.17, 15) is 24.1 Å². The zero-order valence-corrected chi connectivity index (χ0v) is 21.0. The number of aromatic amines is 1. The third kappa shape index (κ3) is 6.48. The molecule has 12 nitrogen and oxygen atoms in total. The summed E-state index contributed by atoms with van der Waals surface area (Å²) in [4.78, 5) is 37.7. The summed E-state index contributed by atoms with van der Waals surface area (Å²) >= 11 is 0. The van der Waals surface area contributed by atoms with Crippen molar-refractivity contribution in [3.63, 3.8) is 0 Å². The molecule has 2 heterocycles. The number of benzene rings is 1. The third-order valence-electron chi connectivity index (χ3n) is 5.26. The van der Waals surface area contributed by atoms with Gasteiger partial charge in [0.25, 0.3) is 5.56 Å². The average molecular weight is 529 g/mol. The van der Waals surface area contributed by atoms with Crippen LogP contribution in [0.3, 0.4) is 0 Å². The number of hydrogen-bond acceptors (Lipinski definition) is 9. The Morgan fingerprint density at radius 2 is 1.94 bits per heavy atom. The highest BCUT2D eigenvalue weighted by atomic mass is 31.2. The van der Waals surface area contributed by atoms with Crippen molar-refractivity contribution in [2.75, 3.05) is 6.61 Å². The van der Waals surface area contributed by atoms with Gasteiger partial charge in [-0.2, -0.15) is 5.09 Å². The van der Waals surface area contributed by atoms with E-state index in [0.717, 1.165) is 23.8 Å². The Kier molecular flexibility index (Phi) is 8.52. The molecule has 36 heavy (non-hydrogen) atoms. The summed E-state index contributed by atoms with van der Waals surface area (Å²) in [6.45, 7) is 5.07. The zero-order chi connectivity index (χ0) is 26.7. The highest BCUT2D eigenvalue weighted by molar-refractivity contribution is 7.52. The second-order valence-corrected chi connectivity index (χ2v) is 10.4. The maximum absolute atomic E-state index is 15.4. The number of aliphatic hydroxyl groups is 1. The predicted octanol–water partition coefficient (Wildman–Crippen LogP) is 1.66. The van der Waals surface area contributed by atoms with E-state index >= 15 is 4.39 Å². The number of carbonyl (C=O) groups excluding carboxylic acids is 1. The Labute approximate surface area is 205 Å². The minimum Gasteiger partial charge on any atom is -0.462 e. The van der Waals surface area contributed by atoms with Crippen LogP contribution in [0.15, 0.2) is 52.2 Å². The summed E-state index contributed by atoms with van der Waals surface area (Å²) in [6, 6.07) is 7.86. The number of hydrogen-bond donors (Lipinski definition) is 3. The van der Waals surface area contributed by atoms with Crippen LogP contribution in [0.5, 0.6) is 5.75 Å². The summed E-state index contributed by atoms with van der Waals surface area (Å²) in [5.41, 5.74) is -4.12. The minimum absolute atomic E-state index is 0.152. The number of H-pyrrole nitrogens is 1. The van der Waals surface area contributed by atoms with E-state index in [-0.39, 0.29) is 5.75 Å². The second kappa shape index (κ2) is 11.1. The first-order chi connectivity index (χ1) is 16.8. The number of aromatic nitrogens is 2. The van der Waals surface area contributed by atoms with Gasteiger partial charge in [0.1, 0.15) is 24.0 Å². The Hall–Kier alpha value is -2.83. The molecule has 0 aliphatic carbocycles. The molecule has 1 aliphatic heterocycles. The molecule has 2 aromatic rings. The molecular weight excluding hydrogens is 500 g/mol. The lowest BCUT2D eigenvalue weighted by Gasteiger charge is -2.25. The highest BCUT2D eigenvalue weighted by Crippen LogP contribution is 2.47. The fourth-order valence-electron chi connectivity index (χ4n) is 3.47. The zero-order valence-electron chi connectivity index (χ0n) is 20.1.